The third-order valence-electron chi connectivity index (χ3n) is 3.38. The predicted octanol–water partition coefficient (Wildman–Crippen LogP) is 2.75. The highest BCUT2D eigenvalue weighted by Crippen LogP contribution is 2.28. The van der Waals surface area contributed by atoms with E-state index < -0.39 is 0 Å². The average Bonchev–Trinajstić information content (AvgIpc) is 2.49. The van der Waals surface area contributed by atoms with E-state index in [2.05, 4.69) is 26.2 Å². The molecular weight excluding hydrogens is 320 g/mol. The molecule has 1 N–H and O–H groups in total. The van der Waals surface area contributed by atoms with Crippen LogP contribution >= 0.6 is 15.9 Å². The normalized spacial score (nSPS) is 19.1. The van der Waals surface area contributed by atoms with E-state index in [1.165, 1.54) is 0 Å². The second-order valence-electron chi connectivity index (χ2n) is 4.78. The molecule has 4 nitrogen and oxygen atoms in total. The molecule has 1 aromatic carbocycles. The van der Waals surface area contributed by atoms with Gasteiger partial charge in [-0.3, -0.25) is 4.98 Å². The van der Waals surface area contributed by atoms with Gasteiger partial charge in [-0.1, -0.05) is 6.07 Å². The number of aromatic nitrogens is 1. The number of benzene rings is 1. The predicted molar refractivity (Wildman–Crippen MR) is 82.2 cm³/mol. The summed E-state index contributed by atoms with van der Waals surface area (Å²) in [4.78, 5) is 4.38. The Bertz CT molecular complexity index is 585. The molecule has 2 heterocycles. The minimum Gasteiger partial charge on any atom is -0.493 e. The Kier molecular flexibility index (Phi) is 4.50. The van der Waals surface area contributed by atoms with Gasteiger partial charge < -0.3 is 14.8 Å². The molecule has 1 fully saturated rings. The highest BCUT2D eigenvalue weighted by atomic mass is 79.9. The smallest absolute Gasteiger partial charge is 0.130 e. The van der Waals surface area contributed by atoms with Crippen LogP contribution in [0, 0.1) is 0 Å². The van der Waals surface area contributed by atoms with Gasteiger partial charge in [-0.15, -0.1) is 0 Å². The Morgan fingerprint density at radius 3 is 3.20 bits per heavy atom. The van der Waals surface area contributed by atoms with Crippen LogP contribution in [0.2, 0.25) is 0 Å². The first-order chi connectivity index (χ1) is 9.84. The first-order valence-electron chi connectivity index (χ1n) is 6.83. The summed E-state index contributed by atoms with van der Waals surface area (Å²) in [7, 11) is 0. The number of nitrogens with zero attached hydrogens (tertiary/aromatic N) is 1. The Balaban J connectivity index is 1.66. The number of nitrogens with one attached hydrogen (secondary N) is 1. The summed E-state index contributed by atoms with van der Waals surface area (Å²) in [6.45, 7) is 3.29. The molecule has 0 amide bonds. The van der Waals surface area contributed by atoms with E-state index in [1.54, 1.807) is 6.20 Å². The molecule has 0 aliphatic carbocycles. The number of hydrogen-bond donors (Lipinski definition) is 1. The lowest BCUT2D eigenvalue weighted by molar-refractivity contribution is 0.0160. The van der Waals surface area contributed by atoms with Crippen LogP contribution in [-0.2, 0) is 4.74 Å². The van der Waals surface area contributed by atoms with Crippen molar-refractivity contribution < 1.29 is 9.47 Å². The summed E-state index contributed by atoms with van der Waals surface area (Å²) in [5.41, 5.74) is 0.931. The van der Waals surface area contributed by atoms with Gasteiger partial charge in [0, 0.05) is 35.6 Å². The molecular formula is C15H17BrN2O2. The van der Waals surface area contributed by atoms with Crippen LogP contribution < -0.4 is 10.1 Å². The van der Waals surface area contributed by atoms with Gasteiger partial charge in [0.15, 0.2) is 0 Å². The Morgan fingerprint density at radius 1 is 1.40 bits per heavy atom. The van der Waals surface area contributed by atoms with Gasteiger partial charge in [-0.05, 0) is 34.1 Å². The molecule has 0 spiro atoms. The molecule has 0 saturated carbocycles. The van der Waals surface area contributed by atoms with Crippen LogP contribution in [0.4, 0.5) is 0 Å². The summed E-state index contributed by atoms with van der Waals surface area (Å²) in [5, 5.41) is 4.36. The Labute approximate surface area is 126 Å². The van der Waals surface area contributed by atoms with Crippen molar-refractivity contribution >= 4 is 26.8 Å². The molecule has 106 valence electrons. The van der Waals surface area contributed by atoms with Crippen molar-refractivity contribution in [3.05, 3.63) is 34.9 Å². The Hall–Kier alpha value is -1.17. The third kappa shape index (κ3) is 3.11. The average molecular weight is 337 g/mol. The standard InChI is InChI=1S/C15H17BrN2O2/c16-13-3-1-2-12-14(4-6-18-15(12)13)20-8-5-11-10-17-7-9-19-11/h1-4,6,11,17H,5,7-10H2. The van der Waals surface area contributed by atoms with Crippen LogP contribution in [0.25, 0.3) is 10.9 Å². The van der Waals surface area contributed by atoms with E-state index >= 15 is 0 Å². The number of halogens is 1. The van der Waals surface area contributed by atoms with E-state index in [4.69, 9.17) is 9.47 Å². The molecule has 1 aliphatic heterocycles. The molecule has 1 saturated heterocycles. The van der Waals surface area contributed by atoms with E-state index in [1.807, 2.05) is 24.3 Å². The third-order valence-corrected chi connectivity index (χ3v) is 4.02. The number of morpholine rings is 1. The molecule has 0 bridgehead atoms. The molecule has 0 radical (unpaired) electrons. The van der Waals surface area contributed by atoms with Gasteiger partial charge in [-0.25, -0.2) is 0 Å². The van der Waals surface area contributed by atoms with Gasteiger partial charge in [0.2, 0.25) is 0 Å². The molecule has 1 aliphatic rings. The maximum Gasteiger partial charge on any atom is 0.130 e. The van der Waals surface area contributed by atoms with E-state index in [0.717, 1.165) is 47.2 Å². The molecule has 3 rings (SSSR count). The van der Waals surface area contributed by atoms with Crippen molar-refractivity contribution in [3.63, 3.8) is 0 Å². The van der Waals surface area contributed by atoms with Crippen molar-refractivity contribution in [2.45, 2.75) is 12.5 Å². The monoisotopic (exact) mass is 336 g/mol. The van der Waals surface area contributed by atoms with Crippen LogP contribution in [0.3, 0.4) is 0 Å². The molecule has 20 heavy (non-hydrogen) atoms. The number of fused-ring (bicyclic) bond motifs is 1. The highest BCUT2D eigenvalue weighted by molar-refractivity contribution is 9.10. The quantitative estimate of drug-likeness (QED) is 0.932. The lowest BCUT2D eigenvalue weighted by Crippen LogP contribution is -2.39. The van der Waals surface area contributed by atoms with Crippen molar-refractivity contribution in [2.75, 3.05) is 26.3 Å². The summed E-state index contributed by atoms with van der Waals surface area (Å²) in [5.74, 6) is 0.875. The minimum absolute atomic E-state index is 0.253. The van der Waals surface area contributed by atoms with Gasteiger partial charge >= 0.3 is 0 Å². The van der Waals surface area contributed by atoms with Crippen LogP contribution in [0.15, 0.2) is 34.9 Å². The molecule has 1 aromatic heterocycles. The van der Waals surface area contributed by atoms with Crippen LogP contribution in [-0.4, -0.2) is 37.4 Å². The van der Waals surface area contributed by atoms with Crippen molar-refractivity contribution in [2.24, 2.45) is 0 Å². The first-order valence-corrected chi connectivity index (χ1v) is 7.62. The summed E-state index contributed by atoms with van der Waals surface area (Å²) < 4.78 is 12.6. The van der Waals surface area contributed by atoms with Crippen LogP contribution in [0.1, 0.15) is 6.42 Å². The van der Waals surface area contributed by atoms with Gasteiger partial charge in [0.25, 0.3) is 0 Å². The Morgan fingerprint density at radius 2 is 2.35 bits per heavy atom. The fourth-order valence-corrected chi connectivity index (χ4v) is 2.81. The van der Waals surface area contributed by atoms with Crippen molar-refractivity contribution in [1.29, 1.82) is 0 Å². The summed E-state index contributed by atoms with van der Waals surface area (Å²) in [6, 6.07) is 7.92. The van der Waals surface area contributed by atoms with Crippen molar-refractivity contribution in [3.8, 4) is 5.75 Å². The SMILES string of the molecule is Brc1cccc2c(OCCC3CNCCO3)ccnc12. The van der Waals surface area contributed by atoms with Gasteiger partial charge in [0.05, 0.1) is 24.8 Å². The summed E-state index contributed by atoms with van der Waals surface area (Å²) >= 11 is 3.52. The fraction of sp³-hybridized carbons (Fsp3) is 0.400. The topological polar surface area (TPSA) is 43.4 Å². The van der Waals surface area contributed by atoms with Gasteiger partial charge in [0.1, 0.15) is 5.75 Å². The zero-order valence-corrected chi connectivity index (χ0v) is 12.7. The zero-order valence-electron chi connectivity index (χ0n) is 11.1. The number of rotatable bonds is 4. The highest BCUT2D eigenvalue weighted by Gasteiger charge is 2.13. The maximum absolute atomic E-state index is 5.91. The molecule has 1 unspecified atom stereocenters. The molecule has 5 heteroatoms. The largest absolute Gasteiger partial charge is 0.493 e. The number of pyridine rings is 1. The molecule has 2 aromatic rings. The van der Waals surface area contributed by atoms with E-state index in [9.17, 15) is 0 Å². The lowest BCUT2D eigenvalue weighted by Gasteiger charge is -2.23. The van der Waals surface area contributed by atoms with Gasteiger partial charge in [-0.2, -0.15) is 0 Å². The maximum atomic E-state index is 5.91. The second-order valence-corrected chi connectivity index (χ2v) is 5.63. The molecule has 1 atom stereocenters. The number of para-hydroxylation sites is 1. The lowest BCUT2D eigenvalue weighted by atomic mass is 10.2. The second kappa shape index (κ2) is 6.52. The van der Waals surface area contributed by atoms with E-state index in [-0.39, 0.29) is 6.10 Å². The number of ether oxygens (including phenoxy) is 2. The zero-order chi connectivity index (χ0) is 13.8. The van der Waals surface area contributed by atoms with Crippen LogP contribution in [0.5, 0.6) is 5.75 Å². The summed E-state index contributed by atoms with van der Waals surface area (Å²) in [6.07, 6.45) is 2.93. The minimum atomic E-state index is 0.253. The fourth-order valence-electron chi connectivity index (χ4n) is 2.35. The first kappa shape index (κ1) is 13.8. The van der Waals surface area contributed by atoms with E-state index in [0.29, 0.717) is 6.61 Å². The number of hydrogen-bond acceptors (Lipinski definition) is 4. The van der Waals surface area contributed by atoms with Crippen molar-refractivity contribution in [1.82, 2.24) is 10.3 Å².